The molecule has 0 fully saturated rings. The lowest BCUT2D eigenvalue weighted by Gasteiger charge is -2.07. The van der Waals surface area contributed by atoms with Crippen molar-refractivity contribution in [2.45, 2.75) is 13.8 Å². The molecule has 0 radical (unpaired) electrons. The molecule has 0 aliphatic carbocycles. The molecule has 0 saturated heterocycles. The van der Waals surface area contributed by atoms with Gasteiger partial charge in [-0.2, -0.15) is 0 Å². The Hall–Kier alpha value is -1.06. The summed E-state index contributed by atoms with van der Waals surface area (Å²) in [5.41, 5.74) is 0.606. The van der Waals surface area contributed by atoms with Crippen LogP contribution in [-0.4, -0.2) is 25.5 Å². The number of halogens is 1. The number of carbonyl (C=O) groups excluding carboxylic acids is 1. The number of carbonyl (C=O) groups is 1. The maximum Gasteiger partial charge on any atom is 0.176 e. The SMILES string of the molecule is CCNCC(=O)c1ccc(OCC)c(Cl)c1. The molecule has 3 nitrogen and oxygen atoms in total. The first-order valence-corrected chi connectivity index (χ1v) is 5.73. The Morgan fingerprint density at radius 3 is 2.75 bits per heavy atom. The highest BCUT2D eigenvalue weighted by molar-refractivity contribution is 6.32. The summed E-state index contributed by atoms with van der Waals surface area (Å²) in [6, 6.07) is 5.10. The molecule has 1 rings (SSSR count). The van der Waals surface area contributed by atoms with Gasteiger partial charge in [0, 0.05) is 5.56 Å². The van der Waals surface area contributed by atoms with E-state index in [-0.39, 0.29) is 5.78 Å². The lowest BCUT2D eigenvalue weighted by Crippen LogP contribution is -2.22. The first-order chi connectivity index (χ1) is 7.69. The lowest BCUT2D eigenvalue weighted by atomic mass is 10.1. The fourth-order valence-corrected chi connectivity index (χ4v) is 1.52. The van der Waals surface area contributed by atoms with Gasteiger partial charge in [-0.3, -0.25) is 4.79 Å². The molecule has 0 bridgehead atoms. The first-order valence-electron chi connectivity index (χ1n) is 5.35. The number of nitrogens with one attached hydrogen (secondary N) is 1. The zero-order chi connectivity index (χ0) is 12.0. The van der Waals surface area contributed by atoms with Gasteiger partial charge in [-0.1, -0.05) is 18.5 Å². The van der Waals surface area contributed by atoms with Crippen LogP contribution in [0.3, 0.4) is 0 Å². The predicted octanol–water partition coefficient (Wildman–Crippen LogP) is 2.53. The van der Waals surface area contributed by atoms with Crippen LogP contribution in [0.4, 0.5) is 0 Å². The van der Waals surface area contributed by atoms with Gasteiger partial charge in [-0.05, 0) is 31.7 Å². The van der Waals surface area contributed by atoms with E-state index in [2.05, 4.69) is 5.32 Å². The quantitative estimate of drug-likeness (QED) is 0.778. The highest BCUT2D eigenvalue weighted by Crippen LogP contribution is 2.25. The third-order valence-electron chi connectivity index (χ3n) is 2.09. The van der Waals surface area contributed by atoms with Gasteiger partial charge in [0.15, 0.2) is 5.78 Å². The largest absolute Gasteiger partial charge is 0.492 e. The van der Waals surface area contributed by atoms with E-state index in [1.54, 1.807) is 18.2 Å². The third kappa shape index (κ3) is 3.51. The summed E-state index contributed by atoms with van der Waals surface area (Å²) in [5.74, 6) is 0.649. The third-order valence-corrected chi connectivity index (χ3v) is 2.38. The van der Waals surface area contributed by atoms with Gasteiger partial charge in [0.1, 0.15) is 5.75 Å². The Morgan fingerprint density at radius 2 is 2.19 bits per heavy atom. The summed E-state index contributed by atoms with van der Waals surface area (Å²) < 4.78 is 5.29. The molecule has 0 spiro atoms. The minimum absolute atomic E-state index is 0.0341. The van der Waals surface area contributed by atoms with Crippen molar-refractivity contribution in [1.29, 1.82) is 0 Å². The lowest BCUT2D eigenvalue weighted by molar-refractivity contribution is 0.0991. The van der Waals surface area contributed by atoms with Crippen LogP contribution in [0.5, 0.6) is 5.75 Å². The fraction of sp³-hybridized carbons (Fsp3) is 0.417. The monoisotopic (exact) mass is 241 g/mol. The second-order valence-electron chi connectivity index (χ2n) is 3.28. The summed E-state index contributed by atoms with van der Waals surface area (Å²) in [4.78, 5) is 11.7. The second-order valence-corrected chi connectivity index (χ2v) is 3.69. The van der Waals surface area contributed by atoms with Crippen LogP contribution < -0.4 is 10.1 Å². The van der Waals surface area contributed by atoms with Gasteiger partial charge < -0.3 is 10.1 Å². The van der Waals surface area contributed by atoms with Crippen molar-refractivity contribution in [1.82, 2.24) is 5.32 Å². The van der Waals surface area contributed by atoms with Crippen LogP contribution in [-0.2, 0) is 0 Å². The van der Waals surface area contributed by atoms with E-state index in [1.165, 1.54) is 0 Å². The van der Waals surface area contributed by atoms with Crippen molar-refractivity contribution in [2.24, 2.45) is 0 Å². The fourth-order valence-electron chi connectivity index (χ4n) is 1.29. The first kappa shape index (κ1) is 13.0. The van der Waals surface area contributed by atoms with E-state index < -0.39 is 0 Å². The van der Waals surface area contributed by atoms with Gasteiger partial charge in [-0.25, -0.2) is 0 Å². The predicted molar refractivity (Wildman–Crippen MR) is 65.5 cm³/mol. The standard InChI is InChI=1S/C12H16ClNO2/c1-3-14-8-11(15)9-5-6-12(16-4-2)10(13)7-9/h5-7,14H,3-4,8H2,1-2H3. The van der Waals surface area contributed by atoms with E-state index >= 15 is 0 Å². The molecule has 0 amide bonds. The molecular formula is C12H16ClNO2. The van der Waals surface area contributed by atoms with E-state index in [0.717, 1.165) is 6.54 Å². The van der Waals surface area contributed by atoms with E-state index in [9.17, 15) is 4.79 Å². The van der Waals surface area contributed by atoms with Crippen molar-refractivity contribution in [3.8, 4) is 5.75 Å². The minimum atomic E-state index is 0.0341. The van der Waals surface area contributed by atoms with Gasteiger partial charge >= 0.3 is 0 Å². The van der Waals surface area contributed by atoms with E-state index in [1.807, 2.05) is 13.8 Å². The molecule has 1 aromatic carbocycles. The van der Waals surface area contributed by atoms with E-state index in [4.69, 9.17) is 16.3 Å². The maximum atomic E-state index is 11.7. The number of Topliss-reactive ketones (excluding diaryl/α,β-unsaturated/α-hetero) is 1. The molecule has 0 atom stereocenters. The van der Waals surface area contributed by atoms with E-state index in [0.29, 0.717) is 29.5 Å². The van der Waals surface area contributed by atoms with Crippen LogP contribution in [0, 0.1) is 0 Å². The number of ketones is 1. The number of hydrogen-bond acceptors (Lipinski definition) is 3. The van der Waals surface area contributed by atoms with Gasteiger partial charge in [0.25, 0.3) is 0 Å². The Morgan fingerprint density at radius 1 is 1.44 bits per heavy atom. The minimum Gasteiger partial charge on any atom is -0.492 e. The van der Waals surface area contributed by atoms with Crippen molar-refractivity contribution < 1.29 is 9.53 Å². The zero-order valence-electron chi connectivity index (χ0n) is 9.55. The summed E-state index contributed by atoms with van der Waals surface area (Å²) >= 11 is 5.99. The summed E-state index contributed by atoms with van der Waals surface area (Å²) in [7, 11) is 0. The topological polar surface area (TPSA) is 38.3 Å². The normalized spacial score (nSPS) is 10.2. The molecule has 1 aromatic rings. The highest BCUT2D eigenvalue weighted by Gasteiger charge is 2.08. The molecule has 16 heavy (non-hydrogen) atoms. The molecule has 0 saturated carbocycles. The van der Waals surface area contributed by atoms with Crippen LogP contribution in [0.1, 0.15) is 24.2 Å². The molecule has 0 heterocycles. The highest BCUT2D eigenvalue weighted by atomic mass is 35.5. The number of ether oxygens (including phenoxy) is 1. The van der Waals surface area contributed by atoms with Gasteiger partial charge in [0.2, 0.25) is 0 Å². The Balaban J connectivity index is 2.76. The molecule has 1 N–H and O–H groups in total. The van der Waals surface area contributed by atoms with Crippen molar-refractivity contribution in [3.63, 3.8) is 0 Å². The second kappa shape index (κ2) is 6.51. The molecule has 0 aliphatic rings. The average Bonchev–Trinajstić information content (AvgIpc) is 2.29. The number of benzene rings is 1. The maximum absolute atomic E-state index is 11.7. The van der Waals surface area contributed by atoms with Crippen LogP contribution in [0.15, 0.2) is 18.2 Å². The number of hydrogen-bond donors (Lipinski definition) is 1. The van der Waals surface area contributed by atoms with Gasteiger partial charge in [-0.15, -0.1) is 0 Å². The Labute approximate surface area is 101 Å². The van der Waals surface area contributed by atoms with Crippen LogP contribution in [0.2, 0.25) is 5.02 Å². The molecular weight excluding hydrogens is 226 g/mol. The molecule has 0 unspecified atom stereocenters. The zero-order valence-corrected chi connectivity index (χ0v) is 10.3. The smallest absolute Gasteiger partial charge is 0.176 e. The van der Waals surface area contributed by atoms with Crippen LogP contribution in [0.25, 0.3) is 0 Å². The van der Waals surface area contributed by atoms with Crippen molar-refractivity contribution in [2.75, 3.05) is 19.7 Å². The summed E-state index contributed by atoms with van der Waals surface area (Å²) in [5, 5.41) is 3.46. The summed E-state index contributed by atoms with van der Waals surface area (Å²) in [6.45, 7) is 5.51. The number of rotatable bonds is 6. The Bertz CT molecular complexity index is 366. The van der Waals surface area contributed by atoms with Crippen molar-refractivity contribution in [3.05, 3.63) is 28.8 Å². The summed E-state index contributed by atoms with van der Waals surface area (Å²) in [6.07, 6.45) is 0. The number of likely N-dealkylation sites (N-methyl/N-ethyl adjacent to an activating group) is 1. The van der Waals surface area contributed by atoms with Crippen molar-refractivity contribution >= 4 is 17.4 Å². The molecule has 4 heteroatoms. The van der Waals surface area contributed by atoms with Gasteiger partial charge in [0.05, 0.1) is 18.2 Å². The Kier molecular flexibility index (Phi) is 5.29. The average molecular weight is 242 g/mol. The molecule has 0 aliphatic heterocycles. The molecule has 0 aromatic heterocycles. The molecule has 88 valence electrons. The van der Waals surface area contributed by atoms with Crippen LogP contribution >= 0.6 is 11.6 Å².